The molecule has 3 aliphatic rings. The number of carbonyl (C=O) groups excluding carboxylic acids is 2. The van der Waals surface area contributed by atoms with Crippen LogP contribution in [0.4, 0.5) is 14.5 Å². The smallest absolute Gasteiger partial charge is 0.268 e. The Morgan fingerprint density at radius 2 is 1.90 bits per heavy atom. The first-order valence-corrected chi connectivity index (χ1v) is 11.7. The molecule has 2 aromatic carbocycles. The number of aryl methyl sites for hydroxylation is 1. The summed E-state index contributed by atoms with van der Waals surface area (Å²) in [5.41, 5.74) is 3.08. The molecular weight excluding hydrogens is 418 g/mol. The summed E-state index contributed by atoms with van der Waals surface area (Å²) >= 11 is 1.51. The molecule has 0 bridgehead atoms. The monoisotopic (exact) mass is 442 g/mol. The largest absolute Gasteiger partial charge is 0.315 e. The minimum atomic E-state index is -1.07. The lowest BCUT2D eigenvalue weighted by Crippen LogP contribution is -2.51. The molecule has 1 atom stereocenters. The average molecular weight is 443 g/mol. The van der Waals surface area contributed by atoms with Crippen LogP contribution in [-0.4, -0.2) is 29.0 Å². The summed E-state index contributed by atoms with van der Waals surface area (Å²) in [4.78, 5) is 29.7. The van der Waals surface area contributed by atoms with E-state index in [9.17, 15) is 18.4 Å². The van der Waals surface area contributed by atoms with Crippen LogP contribution in [0.2, 0.25) is 0 Å². The predicted octanol–water partition coefficient (Wildman–Crippen LogP) is 4.74. The number of hydrogen-bond donors (Lipinski definition) is 0. The molecule has 2 fully saturated rings. The fraction of sp³-hybridized carbons (Fsp3) is 0.417. The van der Waals surface area contributed by atoms with E-state index in [4.69, 9.17) is 0 Å². The Kier molecular flexibility index (Phi) is 5.04. The van der Waals surface area contributed by atoms with Crippen molar-refractivity contribution in [1.82, 2.24) is 4.90 Å². The van der Waals surface area contributed by atoms with Gasteiger partial charge in [-0.3, -0.25) is 9.59 Å². The first-order valence-electron chi connectivity index (χ1n) is 10.7. The Bertz CT molecular complexity index is 1070. The van der Waals surface area contributed by atoms with Crippen LogP contribution in [0.3, 0.4) is 0 Å². The van der Waals surface area contributed by atoms with Crippen LogP contribution in [0.5, 0.6) is 0 Å². The van der Waals surface area contributed by atoms with Crippen LogP contribution < -0.4 is 4.90 Å². The van der Waals surface area contributed by atoms with E-state index in [1.54, 1.807) is 9.80 Å². The Labute approximate surface area is 184 Å². The summed E-state index contributed by atoms with van der Waals surface area (Å²) in [7, 11) is 0. The number of carbonyl (C=O) groups is 2. The Morgan fingerprint density at radius 1 is 1.13 bits per heavy atom. The van der Waals surface area contributed by atoms with Gasteiger partial charge in [-0.2, -0.15) is 0 Å². The Balaban J connectivity index is 1.57. The quantitative estimate of drug-likeness (QED) is 0.690. The van der Waals surface area contributed by atoms with Crippen molar-refractivity contribution >= 4 is 29.3 Å². The number of benzene rings is 2. The third-order valence-electron chi connectivity index (χ3n) is 6.64. The zero-order valence-electron chi connectivity index (χ0n) is 17.4. The highest BCUT2D eigenvalue weighted by molar-refractivity contribution is 8.01. The first-order chi connectivity index (χ1) is 14.9. The number of fused-ring (bicyclic) bond motifs is 2. The van der Waals surface area contributed by atoms with Crippen LogP contribution in [0.15, 0.2) is 36.4 Å². The lowest BCUT2D eigenvalue weighted by molar-refractivity contribution is -0.143. The predicted molar refractivity (Wildman–Crippen MR) is 117 cm³/mol. The molecule has 0 aromatic heterocycles. The summed E-state index contributed by atoms with van der Waals surface area (Å²) in [5, 5.41) is 0. The highest BCUT2D eigenvalue weighted by atomic mass is 32.2. The minimum Gasteiger partial charge on any atom is -0.315 e. The molecule has 2 amide bonds. The van der Waals surface area contributed by atoms with Crippen LogP contribution in [0, 0.1) is 24.5 Å². The van der Waals surface area contributed by atoms with Gasteiger partial charge in [-0.25, -0.2) is 8.78 Å². The van der Waals surface area contributed by atoms with Gasteiger partial charge in [0.1, 0.15) is 0 Å². The second-order valence-corrected chi connectivity index (χ2v) is 9.91. The van der Waals surface area contributed by atoms with Crippen molar-refractivity contribution in [1.29, 1.82) is 0 Å². The first kappa shape index (κ1) is 20.5. The van der Waals surface area contributed by atoms with Crippen molar-refractivity contribution in [2.24, 2.45) is 5.92 Å². The summed E-state index contributed by atoms with van der Waals surface area (Å²) in [6.45, 7) is 2.64. The fourth-order valence-corrected chi connectivity index (χ4v) is 6.58. The van der Waals surface area contributed by atoms with Gasteiger partial charge in [-0.15, -0.1) is 11.8 Å². The van der Waals surface area contributed by atoms with Crippen LogP contribution >= 0.6 is 11.8 Å². The SMILES string of the molecule is Cc1ccc2c(c1)[C@]1(SCCN1C(=O)C1CCCC1)C(=O)N2Cc1ccc(F)c(F)c1. The van der Waals surface area contributed by atoms with Gasteiger partial charge < -0.3 is 9.80 Å². The van der Waals surface area contributed by atoms with Gasteiger partial charge in [0.15, 0.2) is 16.5 Å². The number of anilines is 1. The average Bonchev–Trinajstić information content (AvgIpc) is 3.48. The van der Waals surface area contributed by atoms with E-state index in [0.717, 1.165) is 54.6 Å². The molecule has 1 aliphatic carbocycles. The van der Waals surface area contributed by atoms with E-state index < -0.39 is 16.5 Å². The molecule has 2 heterocycles. The number of amides is 2. The molecule has 0 N–H and O–H groups in total. The van der Waals surface area contributed by atoms with Crippen molar-refractivity contribution in [3.8, 4) is 0 Å². The van der Waals surface area contributed by atoms with Gasteiger partial charge in [-0.05, 0) is 43.5 Å². The van der Waals surface area contributed by atoms with Crippen molar-refractivity contribution in [2.75, 3.05) is 17.2 Å². The highest BCUT2D eigenvalue weighted by Gasteiger charge is 2.60. The minimum absolute atomic E-state index is 0.0168. The molecule has 2 aromatic rings. The number of nitrogens with zero attached hydrogens (tertiary/aromatic N) is 2. The molecular formula is C24H24F2N2O2S. The zero-order valence-corrected chi connectivity index (χ0v) is 18.2. The van der Waals surface area contributed by atoms with Crippen molar-refractivity contribution < 1.29 is 18.4 Å². The molecule has 5 rings (SSSR count). The molecule has 0 radical (unpaired) electrons. The maximum atomic E-state index is 13.9. The highest BCUT2D eigenvalue weighted by Crippen LogP contribution is 2.55. The normalized spacial score (nSPS) is 23.3. The van der Waals surface area contributed by atoms with Gasteiger partial charge in [-0.1, -0.05) is 36.6 Å². The second kappa shape index (κ2) is 7.62. The summed E-state index contributed by atoms with van der Waals surface area (Å²) in [5.74, 6) is -1.28. The number of halogens is 2. The van der Waals surface area contributed by atoms with Gasteiger partial charge in [0.25, 0.3) is 5.91 Å². The van der Waals surface area contributed by atoms with Gasteiger partial charge >= 0.3 is 0 Å². The van der Waals surface area contributed by atoms with Crippen molar-refractivity contribution in [3.63, 3.8) is 0 Å². The standard InChI is InChI=1S/C24H24F2N2O2S/c1-15-6-9-21-18(12-15)24(28(10-11-31-24)22(29)17-4-2-3-5-17)23(30)27(21)14-16-7-8-19(25)20(26)13-16/h6-9,12-13,17H,2-5,10-11,14H2,1H3/t24-/m0/s1. The topological polar surface area (TPSA) is 40.6 Å². The molecule has 4 nitrogen and oxygen atoms in total. The molecule has 31 heavy (non-hydrogen) atoms. The van der Waals surface area contributed by atoms with E-state index in [-0.39, 0.29) is 24.3 Å². The second-order valence-electron chi connectivity index (χ2n) is 8.62. The summed E-state index contributed by atoms with van der Waals surface area (Å²) < 4.78 is 27.2. The number of rotatable bonds is 3. The molecule has 0 unspecified atom stereocenters. The van der Waals surface area contributed by atoms with E-state index in [1.165, 1.54) is 17.8 Å². The van der Waals surface area contributed by atoms with E-state index in [1.807, 2.05) is 25.1 Å². The van der Waals surface area contributed by atoms with Crippen LogP contribution in [-0.2, 0) is 21.0 Å². The van der Waals surface area contributed by atoms with E-state index in [0.29, 0.717) is 17.9 Å². The van der Waals surface area contributed by atoms with Crippen LogP contribution in [0.1, 0.15) is 42.4 Å². The third-order valence-corrected chi connectivity index (χ3v) is 8.06. The van der Waals surface area contributed by atoms with Crippen LogP contribution in [0.25, 0.3) is 0 Å². The zero-order chi connectivity index (χ0) is 21.8. The Hall–Kier alpha value is -2.41. The molecule has 7 heteroatoms. The van der Waals surface area contributed by atoms with Gasteiger partial charge in [0, 0.05) is 23.8 Å². The maximum Gasteiger partial charge on any atom is 0.268 e. The van der Waals surface area contributed by atoms with Crippen molar-refractivity contribution in [2.45, 2.75) is 44.0 Å². The molecule has 2 aliphatic heterocycles. The van der Waals surface area contributed by atoms with E-state index in [2.05, 4.69) is 0 Å². The fourth-order valence-electron chi connectivity index (χ4n) is 5.12. The lowest BCUT2D eigenvalue weighted by atomic mass is 10.00. The molecule has 162 valence electrons. The van der Waals surface area contributed by atoms with E-state index >= 15 is 0 Å². The molecule has 1 spiro atoms. The third kappa shape index (κ3) is 3.16. The number of hydrogen-bond acceptors (Lipinski definition) is 3. The molecule has 1 saturated heterocycles. The summed E-state index contributed by atoms with van der Waals surface area (Å²) in [6.07, 6.45) is 3.86. The molecule has 1 saturated carbocycles. The summed E-state index contributed by atoms with van der Waals surface area (Å²) in [6, 6.07) is 9.53. The van der Waals surface area contributed by atoms with Gasteiger partial charge in [0.2, 0.25) is 5.91 Å². The number of thioether (sulfide) groups is 1. The van der Waals surface area contributed by atoms with Crippen molar-refractivity contribution in [3.05, 3.63) is 64.7 Å². The Morgan fingerprint density at radius 3 is 2.65 bits per heavy atom. The maximum absolute atomic E-state index is 13.9. The lowest BCUT2D eigenvalue weighted by Gasteiger charge is -2.35. The van der Waals surface area contributed by atoms with Gasteiger partial charge in [0.05, 0.1) is 12.2 Å².